The Balaban J connectivity index is 1.82. The summed E-state index contributed by atoms with van der Waals surface area (Å²) in [5.41, 5.74) is -7.06. The highest BCUT2D eigenvalue weighted by molar-refractivity contribution is 6.09. The predicted octanol–water partition coefficient (Wildman–Crippen LogP) is 2.06. The Kier molecular flexibility index (Phi) is 5.59. The fourth-order valence-corrected chi connectivity index (χ4v) is 3.77. The molecule has 2 heterocycles. The first-order chi connectivity index (χ1) is 16.0. The molecule has 1 aromatic heterocycles. The zero-order chi connectivity index (χ0) is 24.7. The van der Waals surface area contributed by atoms with Crippen LogP contribution in [0.5, 0.6) is 0 Å². The number of alkyl halides is 3. The van der Waals surface area contributed by atoms with E-state index in [1.165, 1.54) is 0 Å². The average molecular weight is 476 g/mol. The van der Waals surface area contributed by atoms with E-state index in [9.17, 15) is 36.7 Å². The van der Waals surface area contributed by atoms with Crippen molar-refractivity contribution in [3.05, 3.63) is 97.9 Å². The van der Waals surface area contributed by atoms with E-state index in [0.717, 1.165) is 34.4 Å². The van der Waals surface area contributed by atoms with Crippen LogP contribution in [0, 0.1) is 5.82 Å². The van der Waals surface area contributed by atoms with Crippen molar-refractivity contribution in [2.45, 2.75) is 24.7 Å². The van der Waals surface area contributed by atoms with Gasteiger partial charge in [-0.15, -0.1) is 0 Å². The van der Waals surface area contributed by atoms with Gasteiger partial charge in [-0.25, -0.2) is 9.18 Å². The molecule has 1 aliphatic heterocycles. The number of aromatic amines is 1. The second-order valence-corrected chi connectivity index (χ2v) is 7.53. The van der Waals surface area contributed by atoms with Gasteiger partial charge < -0.3 is 10.6 Å². The van der Waals surface area contributed by atoms with Crippen LogP contribution in [-0.4, -0.2) is 27.5 Å². The average Bonchev–Trinajstić information content (AvgIpc) is 3.08. The molecule has 0 radical (unpaired) electrons. The van der Waals surface area contributed by atoms with Crippen LogP contribution in [0.2, 0.25) is 0 Å². The van der Waals surface area contributed by atoms with Gasteiger partial charge in [-0.3, -0.25) is 23.9 Å². The zero-order valence-corrected chi connectivity index (χ0v) is 17.2. The van der Waals surface area contributed by atoms with Crippen LogP contribution in [0.1, 0.15) is 21.5 Å². The number of rotatable bonds is 5. The molecule has 176 valence electrons. The molecule has 3 N–H and O–H groups in total. The lowest BCUT2D eigenvalue weighted by Crippen LogP contribution is -2.62. The van der Waals surface area contributed by atoms with Crippen LogP contribution in [-0.2, 0) is 23.3 Å². The highest BCUT2D eigenvalue weighted by atomic mass is 19.4. The first-order valence-electron chi connectivity index (χ1n) is 9.92. The van der Waals surface area contributed by atoms with Gasteiger partial charge in [-0.2, -0.15) is 13.2 Å². The van der Waals surface area contributed by atoms with Gasteiger partial charge in [-0.1, -0.05) is 30.3 Å². The van der Waals surface area contributed by atoms with E-state index < -0.39 is 52.0 Å². The monoisotopic (exact) mass is 476 g/mol. The minimum atomic E-state index is -5.47. The van der Waals surface area contributed by atoms with E-state index in [-0.39, 0.29) is 18.5 Å². The van der Waals surface area contributed by atoms with Crippen molar-refractivity contribution < 1.29 is 27.2 Å². The second-order valence-electron chi connectivity index (χ2n) is 7.53. The van der Waals surface area contributed by atoms with Crippen LogP contribution in [0.25, 0.3) is 0 Å². The lowest BCUT2D eigenvalue weighted by molar-refractivity contribution is -0.196. The molecular weight excluding hydrogens is 460 g/mol. The molecule has 0 bridgehead atoms. The Bertz CT molecular complexity index is 1380. The maximum atomic E-state index is 14.4. The number of aromatic nitrogens is 2. The van der Waals surface area contributed by atoms with Gasteiger partial charge in [0.25, 0.3) is 22.9 Å². The summed E-state index contributed by atoms with van der Waals surface area (Å²) in [4.78, 5) is 52.1. The number of nitrogens with one attached hydrogen (secondary N) is 3. The van der Waals surface area contributed by atoms with Crippen LogP contribution in [0.15, 0.2) is 64.2 Å². The topological polar surface area (TPSA) is 113 Å². The normalized spacial score (nSPS) is 17.2. The van der Waals surface area contributed by atoms with E-state index in [4.69, 9.17) is 0 Å². The minimum Gasteiger partial charge on any atom is -0.326 e. The third kappa shape index (κ3) is 3.76. The molecule has 2 aromatic carbocycles. The van der Waals surface area contributed by atoms with Crippen molar-refractivity contribution in [3.63, 3.8) is 0 Å². The first-order valence-corrected chi connectivity index (χ1v) is 9.92. The number of H-pyrrole nitrogens is 1. The zero-order valence-electron chi connectivity index (χ0n) is 17.2. The van der Waals surface area contributed by atoms with Crippen molar-refractivity contribution in [2.24, 2.45) is 0 Å². The largest absolute Gasteiger partial charge is 0.425 e. The summed E-state index contributed by atoms with van der Waals surface area (Å²) in [6, 6.07) is 12.2. The number of fused-ring (bicyclic) bond motifs is 1. The molecule has 3 aromatic rings. The van der Waals surface area contributed by atoms with E-state index in [1.54, 1.807) is 40.6 Å². The van der Waals surface area contributed by atoms with Gasteiger partial charge in [0.2, 0.25) is 0 Å². The highest BCUT2D eigenvalue weighted by Crippen LogP contribution is 2.45. The van der Waals surface area contributed by atoms with Crippen molar-refractivity contribution >= 4 is 17.6 Å². The molecule has 2 amide bonds. The number of benzene rings is 2. The number of carbonyl (C=O) groups is 2. The maximum absolute atomic E-state index is 14.4. The summed E-state index contributed by atoms with van der Waals surface area (Å²) in [5.74, 6) is -4.52. The number of halogens is 4. The summed E-state index contributed by atoms with van der Waals surface area (Å²) >= 11 is 0. The van der Waals surface area contributed by atoms with Crippen molar-refractivity contribution in [3.8, 4) is 0 Å². The molecule has 8 nitrogen and oxygen atoms in total. The van der Waals surface area contributed by atoms with Crippen molar-refractivity contribution in [2.75, 3.05) is 5.32 Å². The molecule has 1 unspecified atom stereocenters. The number of amides is 2. The molecule has 0 saturated carbocycles. The lowest BCUT2D eigenvalue weighted by atomic mass is 9.91. The van der Waals surface area contributed by atoms with Gasteiger partial charge in [0.05, 0.1) is 0 Å². The summed E-state index contributed by atoms with van der Waals surface area (Å²) in [7, 11) is 0. The number of hydrogen-bond donors (Lipinski definition) is 3. The van der Waals surface area contributed by atoms with Crippen LogP contribution in [0.3, 0.4) is 0 Å². The Labute approximate surface area is 188 Å². The third-order valence-corrected chi connectivity index (χ3v) is 5.45. The van der Waals surface area contributed by atoms with Crippen LogP contribution < -0.4 is 21.9 Å². The molecule has 1 aliphatic rings. The molecule has 0 aliphatic carbocycles. The Morgan fingerprint density at radius 2 is 1.65 bits per heavy atom. The highest BCUT2D eigenvalue weighted by Gasteiger charge is 2.68. The van der Waals surface area contributed by atoms with E-state index in [2.05, 4.69) is 0 Å². The quantitative estimate of drug-likeness (QED) is 0.490. The van der Waals surface area contributed by atoms with E-state index >= 15 is 0 Å². The number of nitrogens with zero attached hydrogens (tertiary/aromatic N) is 1. The molecule has 4 rings (SSSR count). The second kappa shape index (κ2) is 8.28. The van der Waals surface area contributed by atoms with Gasteiger partial charge in [0.15, 0.2) is 0 Å². The molecule has 34 heavy (non-hydrogen) atoms. The smallest absolute Gasteiger partial charge is 0.326 e. The summed E-state index contributed by atoms with van der Waals surface area (Å²) in [6.45, 7) is -0.165. The Hall–Kier alpha value is -4.22. The van der Waals surface area contributed by atoms with Gasteiger partial charge in [0.1, 0.15) is 17.2 Å². The first kappa shape index (κ1) is 23.0. The fraction of sp³-hybridized carbons (Fsp3) is 0.182. The summed E-state index contributed by atoms with van der Waals surface area (Å²) < 4.78 is 57.1. The number of hydrogen-bond acceptors (Lipinski definition) is 4. The number of anilines is 1. The van der Waals surface area contributed by atoms with Gasteiger partial charge in [-0.05, 0) is 36.2 Å². The van der Waals surface area contributed by atoms with E-state index in [1.807, 2.05) is 5.32 Å². The Morgan fingerprint density at radius 3 is 2.26 bits per heavy atom. The summed E-state index contributed by atoms with van der Waals surface area (Å²) in [5, 5.41) is 3.56. The molecular formula is C22H16F4N4O4. The lowest BCUT2D eigenvalue weighted by Gasteiger charge is -2.30. The molecule has 0 spiro atoms. The molecule has 0 saturated heterocycles. The molecule has 0 fully saturated rings. The number of carbonyl (C=O) groups excluding carboxylic acids is 2. The standard InChI is InChI=1S/C22H16F4N4O4/c23-14-8-6-13(7-9-14)17(31)29-21(22(24,25)26)15-16(27-19(21)33)30(20(34)28-18(15)32)11-10-12-4-2-1-3-5-12/h1-9H,10-11H2,(H,27,33)(H,29,31)(H,28,32,34). The maximum Gasteiger partial charge on any atom is 0.425 e. The number of aryl methyl sites for hydroxylation is 1. The van der Waals surface area contributed by atoms with Crippen molar-refractivity contribution in [1.82, 2.24) is 14.9 Å². The minimum absolute atomic E-state index is 0.165. The fourth-order valence-electron chi connectivity index (χ4n) is 3.77. The van der Waals surface area contributed by atoms with Crippen LogP contribution >= 0.6 is 0 Å². The van der Waals surface area contributed by atoms with Gasteiger partial charge in [0, 0.05) is 12.1 Å². The molecule has 12 heteroatoms. The third-order valence-electron chi connectivity index (χ3n) is 5.45. The van der Waals surface area contributed by atoms with Crippen LogP contribution in [0.4, 0.5) is 23.4 Å². The van der Waals surface area contributed by atoms with Crippen molar-refractivity contribution in [1.29, 1.82) is 0 Å². The predicted molar refractivity (Wildman–Crippen MR) is 112 cm³/mol. The molecule has 1 atom stereocenters. The van der Waals surface area contributed by atoms with Gasteiger partial charge >= 0.3 is 11.9 Å². The SMILES string of the molecule is O=C(NC1(C(F)(F)F)C(=O)Nc2c1c(=O)[nH]c(=O)n2CCc1ccccc1)c1ccc(F)cc1. The Morgan fingerprint density at radius 1 is 1.00 bits per heavy atom. The summed E-state index contributed by atoms with van der Waals surface area (Å²) in [6.07, 6.45) is -5.26. The van der Waals surface area contributed by atoms with E-state index in [0.29, 0.717) is 0 Å².